The smallest absolute Gasteiger partial charge is 0.0960 e. The van der Waals surface area contributed by atoms with Crippen molar-refractivity contribution in [3.05, 3.63) is 35.9 Å². The van der Waals surface area contributed by atoms with Gasteiger partial charge in [0.15, 0.2) is 0 Å². The quantitative estimate of drug-likeness (QED) is 0.812. The Hall–Kier alpha value is -1.33. The Kier molecular flexibility index (Phi) is 5.72. The maximum atomic E-state index is 9.15. The molecule has 0 aliphatic rings. The predicted octanol–water partition coefficient (Wildman–Crippen LogP) is 3.46. The zero-order valence-electron chi connectivity index (χ0n) is 11.0. The molecule has 3 atom stereocenters. The van der Waals surface area contributed by atoms with E-state index in [1.54, 1.807) is 0 Å². The van der Waals surface area contributed by atoms with E-state index in [0.717, 1.165) is 12.8 Å². The van der Waals surface area contributed by atoms with Crippen molar-refractivity contribution < 1.29 is 0 Å². The van der Waals surface area contributed by atoms with Crippen LogP contribution in [0.25, 0.3) is 0 Å². The first-order valence-electron chi connectivity index (χ1n) is 6.38. The molecule has 17 heavy (non-hydrogen) atoms. The number of benzene rings is 1. The third kappa shape index (κ3) is 4.58. The number of nitrogens with one attached hydrogen (secondary N) is 1. The van der Waals surface area contributed by atoms with Gasteiger partial charge in [-0.15, -0.1) is 0 Å². The molecule has 0 spiro atoms. The maximum absolute atomic E-state index is 9.15. The monoisotopic (exact) mass is 230 g/mol. The fourth-order valence-corrected chi connectivity index (χ4v) is 1.89. The Morgan fingerprint density at radius 2 is 1.88 bits per heavy atom. The average Bonchev–Trinajstić information content (AvgIpc) is 2.38. The van der Waals surface area contributed by atoms with Crippen LogP contribution < -0.4 is 5.32 Å². The first kappa shape index (κ1) is 13.7. The Morgan fingerprint density at radius 1 is 1.24 bits per heavy atom. The lowest BCUT2D eigenvalue weighted by molar-refractivity contribution is 0.452. The van der Waals surface area contributed by atoms with E-state index in [-0.39, 0.29) is 6.04 Å². The van der Waals surface area contributed by atoms with Crippen LogP contribution in [0.1, 0.15) is 45.1 Å². The van der Waals surface area contributed by atoms with Crippen molar-refractivity contribution in [3.8, 4) is 6.07 Å². The number of hydrogen-bond acceptors (Lipinski definition) is 2. The van der Waals surface area contributed by atoms with Gasteiger partial charge in [-0.3, -0.25) is 5.32 Å². The van der Waals surface area contributed by atoms with Crippen molar-refractivity contribution in [2.75, 3.05) is 0 Å². The minimum Gasteiger partial charge on any atom is -0.299 e. The average molecular weight is 230 g/mol. The molecular weight excluding hydrogens is 208 g/mol. The van der Waals surface area contributed by atoms with Crippen LogP contribution in [-0.4, -0.2) is 12.1 Å². The van der Waals surface area contributed by atoms with Gasteiger partial charge in [-0.25, -0.2) is 0 Å². The summed E-state index contributed by atoms with van der Waals surface area (Å²) < 4.78 is 0. The second-order valence-corrected chi connectivity index (χ2v) is 4.71. The van der Waals surface area contributed by atoms with Gasteiger partial charge in [-0.05, 0) is 31.2 Å². The molecule has 0 radical (unpaired) electrons. The largest absolute Gasteiger partial charge is 0.299 e. The molecule has 1 aromatic rings. The Labute approximate surface area is 105 Å². The third-order valence-corrected chi connectivity index (χ3v) is 3.21. The second kappa shape index (κ2) is 7.09. The molecule has 0 fully saturated rings. The predicted molar refractivity (Wildman–Crippen MR) is 71.8 cm³/mol. The molecule has 0 aliphatic carbocycles. The Morgan fingerprint density at radius 3 is 2.41 bits per heavy atom. The number of rotatable bonds is 6. The molecule has 1 rings (SSSR count). The minimum atomic E-state index is -0.0554. The highest BCUT2D eigenvalue weighted by Crippen LogP contribution is 2.20. The SMILES string of the molecule is CCC(C)NC(C#N)CC(C)c1ccccc1. The van der Waals surface area contributed by atoms with Crippen molar-refractivity contribution in [1.29, 1.82) is 5.26 Å². The van der Waals surface area contributed by atoms with Crippen molar-refractivity contribution in [2.24, 2.45) is 0 Å². The van der Waals surface area contributed by atoms with E-state index < -0.39 is 0 Å². The van der Waals surface area contributed by atoms with Gasteiger partial charge >= 0.3 is 0 Å². The summed E-state index contributed by atoms with van der Waals surface area (Å²) in [6.07, 6.45) is 1.92. The number of nitriles is 1. The summed E-state index contributed by atoms with van der Waals surface area (Å²) in [5, 5.41) is 12.5. The molecule has 0 heterocycles. The third-order valence-electron chi connectivity index (χ3n) is 3.21. The molecule has 0 saturated carbocycles. The summed E-state index contributed by atoms with van der Waals surface area (Å²) in [7, 11) is 0. The van der Waals surface area contributed by atoms with Gasteiger partial charge in [0, 0.05) is 6.04 Å². The summed E-state index contributed by atoms with van der Waals surface area (Å²) in [5.41, 5.74) is 1.30. The van der Waals surface area contributed by atoms with Crippen LogP contribution in [-0.2, 0) is 0 Å². The molecule has 3 unspecified atom stereocenters. The van der Waals surface area contributed by atoms with Gasteiger partial charge in [0.1, 0.15) is 0 Å². The van der Waals surface area contributed by atoms with E-state index in [1.165, 1.54) is 5.56 Å². The van der Waals surface area contributed by atoms with Crippen LogP contribution in [0.2, 0.25) is 0 Å². The first-order chi connectivity index (χ1) is 8.17. The summed E-state index contributed by atoms with van der Waals surface area (Å²) in [6.45, 7) is 6.43. The summed E-state index contributed by atoms with van der Waals surface area (Å²) in [5.74, 6) is 0.414. The van der Waals surface area contributed by atoms with Gasteiger partial charge in [0.2, 0.25) is 0 Å². The molecule has 2 nitrogen and oxygen atoms in total. The zero-order valence-corrected chi connectivity index (χ0v) is 11.0. The van der Waals surface area contributed by atoms with Crippen molar-refractivity contribution >= 4 is 0 Å². The lowest BCUT2D eigenvalue weighted by atomic mass is 9.94. The van der Waals surface area contributed by atoms with Crippen LogP contribution in [0.3, 0.4) is 0 Å². The van der Waals surface area contributed by atoms with Gasteiger partial charge in [-0.2, -0.15) is 5.26 Å². The fraction of sp³-hybridized carbons (Fsp3) is 0.533. The van der Waals surface area contributed by atoms with Crippen LogP contribution in [0.5, 0.6) is 0 Å². The van der Waals surface area contributed by atoms with Crippen molar-refractivity contribution in [2.45, 2.75) is 51.6 Å². The van der Waals surface area contributed by atoms with E-state index in [1.807, 2.05) is 6.07 Å². The van der Waals surface area contributed by atoms with Crippen molar-refractivity contribution in [1.82, 2.24) is 5.32 Å². The van der Waals surface area contributed by atoms with E-state index in [2.05, 4.69) is 56.4 Å². The van der Waals surface area contributed by atoms with E-state index in [0.29, 0.717) is 12.0 Å². The summed E-state index contributed by atoms with van der Waals surface area (Å²) in [4.78, 5) is 0. The van der Waals surface area contributed by atoms with Crippen LogP contribution >= 0.6 is 0 Å². The molecule has 1 aromatic carbocycles. The molecule has 1 N–H and O–H groups in total. The minimum absolute atomic E-state index is 0.0554. The summed E-state index contributed by atoms with van der Waals surface area (Å²) >= 11 is 0. The molecular formula is C15H22N2. The van der Waals surface area contributed by atoms with E-state index >= 15 is 0 Å². The van der Waals surface area contributed by atoms with Gasteiger partial charge in [0.25, 0.3) is 0 Å². The lowest BCUT2D eigenvalue weighted by Crippen LogP contribution is -2.35. The highest BCUT2D eigenvalue weighted by molar-refractivity contribution is 5.19. The molecule has 0 aliphatic heterocycles. The molecule has 0 saturated heterocycles. The summed E-state index contributed by atoms with van der Waals surface area (Å²) in [6, 6.07) is 13.1. The van der Waals surface area contributed by atoms with Gasteiger partial charge in [0.05, 0.1) is 12.1 Å². The molecule has 0 amide bonds. The van der Waals surface area contributed by atoms with Gasteiger partial charge in [-0.1, -0.05) is 44.2 Å². The molecule has 92 valence electrons. The first-order valence-corrected chi connectivity index (χ1v) is 6.38. The van der Waals surface area contributed by atoms with E-state index in [4.69, 9.17) is 5.26 Å². The van der Waals surface area contributed by atoms with Crippen LogP contribution in [0.15, 0.2) is 30.3 Å². The Balaban J connectivity index is 2.54. The highest BCUT2D eigenvalue weighted by Gasteiger charge is 2.15. The molecule has 2 heteroatoms. The normalized spacial score (nSPS) is 15.9. The molecule has 0 aromatic heterocycles. The van der Waals surface area contributed by atoms with Gasteiger partial charge < -0.3 is 0 Å². The van der Waals surface area contributed by atoms with Crippen molar-refractivity contribution in [3.63, 3.8) is 0 Å². The fourth-order valence-electron chi connectivity index (χ4n) is 1.89. The van der Waals surface area contributed by atoms with Crippen LogP contribution in [0, 0.1) is 11.3 Å². The van der Waals surface area contributed by atoms with Crippen LogP contribution in [0.4, 0.5) is 0 Å². The maximum Gasteiger partial charge on any atom is 0.0960 e. The standard InChI is InChI=1S/C15H22N2/c1-4-13(3)17-15(11-16)10-12(2)14-8-6-5-7-9-14/h5-9,12-13,15,17H,4,10H2,1-3H3. The highest BCUT2D eigenvalue weighted by atomic mass is 14.9. The number of nitrogens with zero attached hydrogens (tertiary/aromatic N) is 1. The van der Waals surface area contributed by atoms with E-state index in [9.17, 15) is 0 Å². The second-order valence-electron chi connectivity index (χ2n) is 4.71. The lowest BCUT2D eigenvalue weighted by Gasteiger charge is -2.20. The zero-order chi connectivity index (χ0) is 12.7. The number of hydrogen-bond donors (Lipinski definition) is 1. The molecule has 0 bridgehead atoms. The Bertz CT molecular complexity index is 353. The topological polar surface area (TPSA) is 35.8 Å².